The summed E-state index contributed by atoms with van der Waals surface area (Å²) in [5, 5.41) is 2.74. The first-order valence-corrected chi connectivity index (χ1v) is 11.3. The number of amides is 1. The molecule has 2 heterocycles. The van der Waals surface area contributed by atoms with Crippen LogP contribution in [0.1, 0.15) is 31.7 Å². The van der Waals surface area contributed by atoms with Gasteiger partial charge in [0.25, 0.3) is 0 Å². The van der Waals surface area contributed by atoms with Crippen molar-refractivity contribution in [2.24, 2.45) is 5.92 Å². The van der Waals surface area contributed by atoms with Crippen molar-refractivity contribution in [3.8, 4) is 0 Å². The van der Waals surface area contributed by atoms with Gasteiger partial charge in [-0.15, -0.1) is 0 Å². The summed E-state index contributed by atoms with van der Waals surface area (Å²) in [4.78, 5) is 22.4. The third kappa shape index (κ3) is 5.51. The SMILES string of the molecule is CCC(=O)Nc1ccc(S(=O)(=O)NCC2CCN(c3ncccn3)CC2)c(C)c1. The monoisotopic (exact) mass is 417 g/mol. The standard InChI is InChI=1S/C20H27N5O3S/c1-3-19(26)24-17-5-6-18(15(2)13-17)29(27,28)23-14-16-7-11-25(12-8-16)20-21-9-4-10-22-20/h4-6,9-10,13,16,23H,3,7-8,11-12,14H2,1-2H3,(H,24,26). The largest absolute Gasteiger partial charge is 0.341 e. The third-order valence-electron chi connectivity index (χ3n) is 5.08. The number of anilines is 2. The molecule has 2 aromatic rings. The smallest absolute Gasteiger partial charge is 0.240 e. The first-order chi connectivity index (χ1) is 13.9. The molecule has 8 nitrogen and oxygen atoms in total. The Hall–Kier alpha value is -2.52. The van der Waals surface area contributed by atoms with Gasteiger partial charge in [0, 0.05) is 44.1 Å². The van der Waals surface area contributed by atoms with E-state index in [1.165, 1.54) is 6.07 Å². The van der Waals surface area contributed by atoms with Gasteiger partial charge in [0.1, 0.15) is 0 Å². The van der Waals surface area contributed by atoms with E-state index in [0.29, 0.717) is 24.2 Å². The molecule has 9 heteroatoms. The molecule has 1 fully saturated rings. The highest BCUT2D eigenvalue weighted by atomic mass is 32.2. The molecule has 0 spiro atoms. The van der Waals surface area contributed by atoms with Crippen molar-refractivity contribution in [3.63, 3.8) is 0 Å². The summed E-state index contributed by atoms with van der Waals surface area (Å²) in [6.07, 6.45) is 5.58. The highest BCUT2D eigenvalue weighted by molar-refractivity contribution is 7.89. The maximum absolute atomic E-state index is 12.7. The molecule has 0 aliphatic carbocycles. The van der Waals surface area contributed by atoms with Crippen LogP contribution in [0.3, 0.4) is 0 Å². The van der Waals surface area contributed by atoms with Gasteiger partial charge in [-0.3, -0.25) is 4.79 Å². The van der Waals surface area contributed by atoms with Crippen LogP contribution in [-0.2, 0) is 14.8 Å². The van der Waals surface area contributed by atoms with Crippen molar-refractivity contribution in [3.05, 3.63) is 42.2 Å². The first-order valence-electron chi connectivity index (χ1n) is 9.81. The van der Waals surface area contributed by atoms with Gasteiger partial charge in [-0.25, -0.2) is 23.1 Å². The molecule has 0 unspecified atom stereocenters. The average Bonchev–Trinajstić information content (AvgIpc) is 2.73. The minimum Gasteiger partial charge on any atom is -0.341 e. The van der Waals surface area contributed by atoms with Crippen LogP contribution < -0.4 is 14.9 Å². The lowest BCUT2D eigenvalue weighted by molar-refractivity contribution is -0.115. The summed E-state index contributed by atoms with van der Waals surface area (Å²) in [5.41, 5.74) is 1.20. The van der Waals surface area contributed by atoms with Gasteiger partial charge < -0.3 is 10.2 Å². The van der Waals surface area contributed by atoms with Crippen molar-refractivity contribution in [2.75, 3.05) is 29.9 Å². The summed E-state index contributed by atoms with van der Waals surface area (Å²) in [6.45, 7) is 5.51. The van der Waals surface area contributed by atoms with E-state index in [9.17, 15) is 13.2 Å². The number of nitrogens with zero attached hydrogens (tertiary/aromatic N) is 3. The van der Waals surface area contributed by atoms with Gasteiger partial charge in [0.15, 0.2) is 0 Å². The number of hydrogen-bond donors (Lipinski definition) is 2. The molecule has 1 aliphatic rings. The normalized spacial score (nSPS) is 15.3. The van der Waals surface area contributed by atoms with Gasteiger partial charge in [-0.05, 0) is 55.5 Å². The Morgan fingerprint density at radius 1 is 1.21 bits per heavy atom. The molecule has 1 amide bonds. The van der Waals surface area contributed by atoms with Crippen molar-refractivity contribution in [1.29, 1.82) is 0 Å². The summed E-state index contributed by atoms with van der Waals surface area (Å²) in [7, 11) is -3.61. The Labute approximate surface area is 171 Å². The maximum Gasteiger partial charge on any atom is 0.240 e. The zero-order valence-corrected chi connectivity index (χ0v) is 17.6. The lowest BCUT2D eigenvalue weighted by Gasteiger charge is -2.31. The molecular formula is C20H27N5O3S. The fourth-order valence-corrected chi connectivity index (χ4v) is 4.72. The summed E-state index contributed by atoms with van der Waals surface area (Å²) in [6, 6.07) is 6.63. The number of aromatic nitrogens is 2. The van der Waals surface area contributed by atoms with Gasteiger partial charge in [0.05, 0.1) is 4.90 Å². The summed E-state index contributed by atoms with van der Waals surface area (Å²) >= 11 is 0. The topological polar surface area (TPSA) is 104 Å². The van der Waals surface area contributed by atoms with E-state index >= 15 is 0 Å². The van der Waals surface area contributed by atoms with Crippen LogP contribution in [-0.4, -0.2) is 43.9 Å². The molecule has 1 aliphatic heterocycles. The third-order valence-corrected chi connectivity index (χ3v) is 6.66. The fourth-order valence-electron chi connectivity index (χ4n) is 3.37. The van der Waals surface area contributed by atoms with Crippen LogP contribution >= 0.6 is 0 Å². The molecule has 0 radical (unpaired) electrons. The fraction of sp³-hybridized carbons (Fsp3) is 0.450. The van der Waals surface area contributed by atoms with E-state index in [2.05, 4.69) is 24.9 Å². The predicted molar refractivity (Wildman–Crippen MR) is 112 cm³/mol. The zero-order chi connectivity index (χ0) is 20.9. The quantitative estimate of drug-likeness (QED) is 0.716. The van der Waals surface area contributed by atoms with Gasteiger partial charge in [0.2, 0.25) is 21.9 Å². The van der Waals surface area contributed by atoms with Gasteiger partial charge >= 0.3 is 0 Å². The lowest BCUT2D eigenvalue weighted by Crippen LogP contribution is -2.39. The zero-order valence-electron chi connectivity index (χ0n) is 16.8. The molecule has 0 saturated carbocycles. The number of rotatable bonds is 7. The van der Waals surface area contributed by atoms with Gasteiger partial charge in [-0.1, -0.05) is 6.92 Å². The van der Waals surface area contributed by atoms with E-state index < -0.39 is 10.0 Å². The Bertz CT molecular complexity index is 942. The van der Waals surface area contributed by atoms with Crippen LogP contribution in [0.4, 0.5) is 11.6 Å². The predicted octanol–water partition coefficient (Wildman–Crippen LogP) is 2.33. The maximum atomic E-state index is 12.7. The van der Waals surface area contributed by atoms with Crippen molar-refractivity contribution >= 4 is 27.6 Å². The Morgan fingerprint density at radius 3 is 2.52 bits per heavy atom. The highest BCUT2D eigenvalue weighted by Crippen LogP contribution is 2.22. The Kier molecular flexibility index (Phi) is 6.81. The number of sulfonamides is 1. The average molecular weight is 418 g/mol. The van der Waals surface area contributed by atoms with Crippen LogP contribution in [0.5, 0.6) is 0 Å². The Balaban J connectivity index is 1.56. The molecular weight excluding hydrogens is 390 g/mol. The molecule has 29 heavy (non-hydrogen) atoms. The number of carbonyl (C=O) groups is 1. The highest BCUT2D eigenvalue weighted by Gasteiger charge is 2.24. The van der Waals surface area contributed by atoms with Crippen LogP contribution in [0.25, 0.3) is 0 Å². The number of carbonyl (C=O) groups excluding carboxylic acids is 1. The molecule has 1 saturated heterocycles. The minimum atomic E-state index is -3.61. The van der Waals surface area contributed by atoms with Crippen molar-refractivity contribution < 1.29 is 13.2 Å². The van der Waals surface area contributed by atoms with E-state index in [-0.39, 0.29) is 16.7 Å². The number of hydrogen-bond acceptors (Lipinski definition) is 6. The molecule has 1 aromatic heterocycles. The molecule has 0 atom stereocenters. The summed E-state index contributed by atoms with van der Waals surface area (Å²) < 4.78 is 28.2. The number of nitrogens with one attached hydrogen (secondary N) is 2. The second kappa shape index (κ2) is 9.32. The second-order valence-electron chi connectivity index (χ2n) is 7.21. The number of benzene rings is 1. The number of piperidine rings is 1. The van der Waals surface area contributed by atoms with Crippen molar-refractivity contribution in [2.45, 2.75) is 38.0 Å². The lowest BCUT2D eigenvalue weighted by atomic mass is 9.97. The van der Waals surface area contributed by atoms with Gasteiger partial charge in [-0.2, -0.15) is 0 Å². The summed E-state index contributed by atoms with van der Waals surface area (Å²) in [5.74, 6) is 0.885. The molecule has 0 bridgehead atoms. The molecule has 2 N–H and O–H groups in total. The van der Waals surface area contributed by atoms with Crippen LogP contribution in [0.15, 0.2) is 41.6 Å². The van der Waals surface area contributed by atoms with Crippen LogP contribution in [0.2, 0.25) is 0 Å². The Morgan fingerprint density at radius 2 is 1.90 bits per heavy atom. The molecule has 156 valence electrons. The van der Waals surface area contributed by atoms with Crippen molar-refractivity contribution in [1.82, 2.24) is 14.7 Å². The van der Waals surface area contributed by atoms with E-state index in [1.54, 1.807) is 44.4 Å². The minimum absolute atomic E-state index is 0.106. The number of aryl methyl sites for hydroxylation is 1. The molecule has 3 rings (SSSR count). The van der Waals surface area contributed by atoms with E-state index in [1.807, 2.05) is 0 Å². The first kappa shape index (κ1) is 21.2. The second-order valence-corrected chi connectivity index (χ2v) is 8.95. The van der Waals surface area contributed by atoms with E-state index in [4.69, 9.17) is 0 Å². The van der Waals surface area contributed by atoms with Crippen LogP contribution in [0, 0.1) is 12.8 Å². The van der Waals surface area contributed by atoms with E-state index in [0.717, 1.165) is 31.9 Å². The molecule has 1 aromatic carbocycles.